The van der Waals surface area contributed by atoms with E-state index < -0.39 is 0 Å². The monoisotopic (exact) mass is 469 g/mol. The predicted octanol–water partition coefficient (Wildman–Crippen LogP) is 5.65. The number of methoxy groups -OCH3 is 1. The predicted molar refractivity (Wildman–Crippen MR) is 138 cm³/mol. The van der Waals surface area contributed by atoms with Crippen molar-refractivity contribution in [3.05, 3.63) is 83.7 Å². The highest BCUT2D eigenvalue weighted by Gasteiger charge is 2.35. The number of carbonyl (C=O) groups is 1. The molecule has 0 spiro atoms. The van der Waals surface area contributed by atoms with Crippen LogP contribution in [0.4, 0.5) is 5.69 Å². The van der Waals surface area contributed by atoms with Gasteiger partial charge in [0.15, 0.2) is 11.5 Å². The number of hydrogen-bond donors (Lipinski definition) is 0. The van der Waals surface area contributed by atoms with Crippen molar-refractivity contribution in [2.75, 3.05) is 25.2 Å². The van der Waals surface area contributed by atoms with Crippen LogP contribution >= 0.6 is 0 Å². The second-order valence-electron chi connectivity index (χ2n) is 9.16. The average Bonchev–Trinajstić information content (AvgIpc) is 3.42. The van der Waals surface area contributed by atoms with Crippen molar-refractivity contribution in [2.45, 2.75) is 39.2 Å². The van der Waals surface area contributed by atoms with Crippen LogP contribution in [0.1, 0.15) is 35.7 Å². The Labute approximate surface area is 206 Å². The van der Waals surface area contributed by atoms with E-state index in [2.05, 4.69) is 42.7 Å². The molecule has 2 heterocycles. The molecule has 0 aliphatic carbocycles. The molecule has 1 fully saturated rings. The number of benzene rings is 3. The molecule has 1 saturated heterocycles. The van der Waals surface area contributed by atoms with Crippen molar-refractivity contribution >= 4 is 22.6 Å². The van der Waals surface area contributed by atoms with Gasteiger partial charge in [-0.1, -0.05) is 42.0 Å². The van der Waals surface area contributed by atoms with Crippen molar-refractivity contribution in [3.8, 4) is 11.5 Å². The third kappa shape index (κ3) is 4.61. The van der Waals surface area contributed by atoms with E-state index in [1.54, 1.807) is 7.11 Å². The highest BCUT2D eigenvalue weighted by Crippen LogP contribution is 2.35. The number of aromatic nitrogens is 2. The van der Waals surface area contributed by atoms with Crippen LogP contribution in [0.25, 0.3) is 11.0 Å². The fourth-order valence-corrected chi connectivity index (χ4v) is 5.01. The Kier molecular flexibility index (Phi) is 6.45. The van der Waals surface area contributed by atoms with Gasteiger partial charge >= 0.3 is 0 Å². The fraction of sp³-hybridized carbons (Fsp3) is 0.310. The highest BCUT2D eigenvalue weighted by atomic mass is 16.5. The van der Waals surface area contributed by atoms with Gasteiger partial charge < -0.3 is 18.9 Å². The lowest BCUT2D eigenvalue weighted by Crippen LogP contribution is -2.25. The van der Waals surface area contributed by atoms with E-state index in [1.165, 1.54) is 5.56 Å². The van der Waals surface area contributed by atoms with Crippen LogP contribution in [-0.4, -0.2) is 35.7 Å². The van der Waals surface area contributed by atoms with Gasteiger partial charge in [-0.05, 0) is 56.2 Å². The minimum absolute atomic E-state index is 0.0470. The van der Waals surface area contributed by atoms with Gasteiger partial charge in [0.05, 0.1) is 24.8 Å². The molecule has 0 bridgehead atoms. The normalized spacial score (nSPS) is 15.7. The summed E-state index contributed by atoms with van der Waals surface area (Å²) in [5.74, 6) is 2.66. The molecular formula is C29H31N3O3. The van der Waals surface area contributed by atoms with Crippen LogP contribution in [0.5, 0.6) is 11.5 Å². The maximum Gasteiger partial charge on any atom is 0.227 e. The van der Waals surface area contributed by atoms with E-state index in [9.17, 15) is 4.79 Å². The van der Waals surface area contributed by atoms with Crippen molar-refractivity contribution in [3.63, 3.8) is 0 Å². The van der Waals surface area contributed by atoms with Gasteiger partial charge in [-0.2, -0.15) is 0 Å². The Balaban J connectivity index is 1.35. The van der Waals surface area contributed by atoms with E-state index >= 15 is 0 Å². The van der Waals surface area contributed by atoms with E-state index in [0.29, 0.717) is 19.6 Å². The smallest absolute Gasteiger partial charge is 0.227 e. The molecule has 0 saturated carbocycles. The Morgan fingerprint density at radius 3 is 2.57 bits per heavy atom. The first-order valence-electron chi connectivity index (χ1n) is 12.1. The molecule has 0 unspecified atom stereocenters. The quantitative estimate of drug-likeness (QED) is 0.313. The lowest BCUT2D eigenvalue weighted by Gasteiger charge is -2.20. The molecule has 35 heavy (non-hydrogen) atoms. The second kappa shape index (κ2) is 9.82. The molecule has 1 atom stereocenters. The first-order chi connectivity index (χ1) is 17.0. The van der Waals surface area contributed by atoms with E-state index in [-0.39, 0.29) is 11.8 Å². The summed E-state index contributed by atoms with van der Waals surface area (Å²) in [6, 6.07) is 22.1. The van der Waals surface area contributed by atoms with E-state index in [1.807, 2.05) is 47.4 Å². The molecule has 1 aromatic heterocycles. The van der Waals surface area contributed by atoms with Gasteiger partial charge in [-0.15, -0.1) is 0 Å². The van der Waals surface area contributed by atoms with Crippen LogP contribution in [0.15, 0.2) is 66.7 Å². The molecule has 6 heteroatoms. The summed E-state index contributed by atoms with van der Waals surface area (Å²) in [5.41, 5.74) is 5.38. The van der Waals surface area contributed by atoms with Crippen molar-refractivity contribution in [1.29, 1.82) is 0 Å². The second-order valence-corrected chi connectivity index (χ2v) is 9.16. The maximum atomic E-state index is 13.1. The zero-order valence-electron chi connectivity index (χ0n) is 20.5. The maximum absolute atomic E-state index is 13.1. The van der Waals surface area contributed by atoms with E-state index in [0.717, 1.165) is 52.6 Å². The number of fused-ring (bicyclic) bond motifs is 1. The largest absolute Gasteiger partial charge is 0.493 e. The molecule has 4 aromatic rings. The van der Waals surface area contributed by atoms with Gasteiger partial charge in [0.2, 0.25) is 5.91 Å². The first-order valence-corrected chi connectivity index (χ1v) is 12.1. The molecule has 1 aliphatic rings. The number of amides is 1. The third-order valence-corrected chi connectivity index (χ3v) is 6.67. The van der Waals surface area contributed by atoms with Crippen molar-refractivity contribution < 1.29 is 14.3 Å². The van der Waals surface area contributed by atoms with Crippen LogP contribution in [-0.2, 0) is 11.3 Å². The zero-order chi connectivity index (χ0) is 24.4. The lowest BCUT2D eigenvalue weighted by molar-refractivity contribution is -0.117. The summed E-state index contributed by atoms with van der Waals surface area (Å²) in [6.45, 7) is 6.11. The highest BCUT2D eigenvalue weighted by molar-refractivity contribution is 5.97. The minimum Gasteiger partial charge on any atom is -0.493 e. The van der Waals surface area contributed by atoms with Crippen molar-refractivity contribution in [2.24, 2.45) is 0 Å². The number of para-hydroxylation sites is 4. The molecular weight excluding hydrogens is 438 g/mol. The SMILES string of the molecule is COc1ccccc1OCCCn1c([C@H]2CC(=O)N(c3ccc(C)cc3C)C2)nc2ccccc21. The molecule has 6 nitrogen and oxygen atoms in total. The number of ether oxygens (including phenoxy) is 2. The number of imidazole rings is 1. The summed E-state index contributed by atoms with van der Waals surface area (Å²) in [4.78, 5) is 20.0. The molecule has 3 aromatic carbocycles. The average molecular weight is 470 g/mol. The van der Waals surface area contributed by atoms with Crippen LogP contribution in [0.2, 0.25) is 0 Å². The number of nitrogens with zero attached hydrogens (tertiary/aromatic N) is 3. The molecule has 1 amide bonds. The summed E-state index contributed by atoms with van der Waals surface area (Å²) in [6.07, 6.45) is 1.28. The summed E-state index contributed by atoms with van der Waals surface area (Å²) in [7, 11) is 1.65. The molecule has 5 rings (SSSR count). The van der Waals surface area contributed by atoms with Crippen LogP contribution in [0.3, 0.4) is 0 Å². The number of carbonyl (C=O) groups excluding carboxylic acids is 1. The van der Waals surface area contributed by atoms with Gasteiger partial charge in [0.25, 0.3) is 0 Å². The summed E-state index contributed by atoms with van der Waals surface area (Å²) in [5, 5.41) is 0. The molecule has 1 aliphatic heterocycles. The van der Waals surface area contributed by atoms with Gasteiger partial charge in [0, 0.05) is 31.1 Å². The minimum atomic E-state index is 0.0470. The Hall–Kier alpha value is -3.80. The summed E-state index contributed by atoms with van der Waals surface area (Å²) < 4.78 is 13.7. The zero-order valence-corrected chi connectivity index (χ0v) is 20.5. The van der Waals surface area contributed by atoms with Gasteiger partial charge in [0.1, 0.15) is 5.82 Å². The van der Waals surface area contributed by atoms with Crippen LogP contribution < -0.4 is 14.4 Å². The molecule has 0 radical (unpaired) electrons. The fourth-order valence-electron chi connectivity index (χ4n) is 5.01. The number of anilines is 1. The van der Waals surface area contributed by atoms with Gasteiger partial charge in [-0.25, -0.2) is 4.98 Å². The molecule has 180 valence electrons. The first kappa shape index (κ1) is 23.0. The Morgan fingerprint density at radius 2 is 1.77 bits per heavy atom. The number of hydrogen-bond acceptors (Lipinski definition) is 4. The standard InChI is InChI=1S/C29H31N3O3/c1-20-13-14-24(21(2)17-20)32-19-22(18-28(32)33)29-30-23-9-4-5-10-25(23)31(29)15-8-16-35-27-12-7-6-11-26(27)34-3/h4-7,9-14,17,22H,8,15-16,18-19H2,1-3H3/t22-/m0/s1. The number of rotatable bonds is 8. The summed E-state index contributed by atoms with van der Waals surface area (Å²) >= 11 is 0. The van der Waals surface area contributed by atoms with Crippen molar-refractivity contribution in [1.82, 2.24) is 9.55 Å². The Morgan fingerprint density at radius 1 is 1.00 bits per heavy atom. The molecule has 0 N–H and O–H groups in total. The third-order valence-electron chi connectivity index (χ3n) is 6.67. The lowest BCUT2D eigenvalue weighted by atomic mass is 10.1. The topological polar surface area (TPSA) is 56.6 Å². The number of aryl methyl sites for hydroxylation is 3. The van der Waals surface area contributed by atoms with Crippen LogP contribution in [0, 0.1) is 13.8 Å². The van der Waals surface area contributed by atoms with Gasteiger partial charge in [-0.3, -0.25) is 4.79 Å². The Bertz CT molecular complexity index is 1360. The van der Waals surface area contributed by atoms with E-state index in [4.69, 9.17) is 14.5 Å².